The van der Waals surface area contributed by atoms with Gasteiger partial charge >= 0.3 is 0 Å². The molecule has 0 spiro atoms. The molecule has 1 amide bonds. The van der Waals surface area contributed by atoms with Crippen LogP contribution in [0.15, 0.2) is 48.5 Å². The van der Waals surface area contributed by atoms with Crippen molar-refractivity contribution in [3.05, 3.63) is 64.9 Å². The number of amides is 1. The third kappa shape index (κ3) is 4.94. The molecule has 0 saturated carbocycles. The summed E-state index contributed by atoms with van der Waals surface area (Å²) in [5, 5.41) is 3.14. The van der Waals surface area contributed by atoms with Gasteiger partial charge in [-0.3, -0.25) is 9.10 Å². The van der Waals surface area contributed by atoms with E-state index >= 15 is 0 Å². The zero-order chi connectivity index (χ0) is 17.7. The summed E-state index contributed by atoms with van der Waals surface area (Å²) in [5.74, 6) is -0.884. The van der Waals surface area contributed by atoms with E-state index in [1.165, 1.54) is 18.2 Å². The summed E-state index contributed by atoms with van der Waals surface area (Å²) in [7, 11) is -3.61. The SMILES string of the molecule is CS(=O)(=O)N(CCNC(=O)c1ccc(Cl)cc1)c1cccc(F)c1. The fraction of sp³-hybridized carbons (Fsp3) is 0.188. The van der Waals surface area contributed by atoms with Gasteiger partial charge in [0.2, 0.25) is 10.0 Å². The topological polar surface area (TPSA) is 66.5 Å². The van der Waals surface area contributed by atoms with Gasteiger partial charge in [-0.05, 0) is 42.5 Å². The van der Waals surface area contributed by atoms with Gasteiger partial charge < -0.3 is 5.32 Å². The van der Waals surface area contributed by atoms with Gasteiger partial charge in [0.25, 0.3) is 5.91 Å². The molecule has 2 aromatic carbocycles. The maximum atomic E-state index is 13.3. The normalized spacial score (nSPS) is 11.1. The van der Waals surface area contributed by atoms with Crippen LogP contribution >= 0.6 is 11.6 Å². The fourth-order valence-electron chi connectivity index (χ4n) is 2.09. The van der Waals surface area contributed by atoms with E-state index < -0.39 is 15.8 Å². The highest BCUT2D eigenvalue weighted by Crippen LogP contribution is 2.18. The molecule has 128 valence electrons. The standard InChI is InChI=1S/C16H16ClFN2O3S/c1-24(22,23)20(15-4-2-3-14(18)11-15)10-9-19-16(21)12-5-7-13(17)8-6-12/h2-8,11H,9-10H2,1H3,(H,19,21). The first-order chi connectivity index (χ1) is 11.3. The summed E-state index contributed by atoms with van der Waals surface area (Å²) in [6.45, 7) is 0.0622. The van der Waals surface area contributed by atoms with Crippen LogP contribution in [0.2, 0.25) is 5.02 Å². The van der Waals surface area contributed by atoms with E-state index in [9.17, 15) is 17.6 Å². The van der Waals surface area contributed by atoms with Crippen LogP contribution in [-0.2, 0) is 10.0 Å². The van der Waals surface area contributed by atoms with Crippen molar-refractivity contribution >= 4 is 33.2 Å². The van der Waals surface area contributed by atoms with Crippen LogP contribution in [0, 0.1) is 5.82 Å². The highest BCUT2D eigenvalue weighted by atomic mass is 35.5. The third-order valence-electron chi connectivity index (χ3n) is 3.20. The average molecular weight is 371 g/mol. The summed E-state index contributed by atoms with van der Waals surface area (Å²) in [4.78, 5) is 12.0. The Hall–Kier alpha value is -2.12. The van der Waals surface area contributed by atoms with Crippen molar-refractivity contribution in [2.45, 2.75) is 0 Å². The Morgan fingerprint density at radius 1 is 1.21 bits per heavy atom. The predicted molar refractivity (Wildman–Crippen MR) is 92.4 cm³/mol. The van der Waals surface area contributed by atoms with Crippen LogP contribution in [-0.4, -0.2) is 33.7 Å². The number of carbonyl (C=O) groups excluding carboxylic acids is 1. The number of sulfonamides is 1. The number of carbonyl (C=O) groups is 1. The van der Waals surface area contributed by atoms with Crippen LogP contribution in [0.4, 0.5) is 10.1 Å². The lowest BCUT2D eigenvalue weighted by molar-refractivity contribution is 0.0955. The summed E-state index contributed by atoms with van der Waals surface area (Å²) in [5.41, 5.74) is 0.620. The van der Waals surface area contributed by atoms with Crippen LogP contribution in [0.3, 0.4) is 0 Å². The number of benzene rings is 2. The van der Waals surface area contributed by atoms with Crippen molar-refractivity contribution in [1.29, 1.82) is 0 Å². The van der Waals surface area contributed by atoms with E-state index in [2.05, 4.69) is 5.32 Å². The minimum Gasteiger partial charge on any atom is -0.350 e. The average Bonchev–Trinajstić information content (AvgIpc) is 2.50. The van der Waals surface area contributed by atoms with Gasteiger partial charge in [0.1, 0.15) is 5.82 Å². The number of rotatable bonds is 6. The molecule has 2 rings (SSSR count). The highest BCUT2D eigenvalue weighted by molar-refractivity contribution is 7.92. The number of nitrogens with one attached hydrogen (secondary N) is 1. The molecule has 24 heavy (non-hydrogen) atoms. The molecule has 2 aromatic rings. The predicted octanol–water partition coefficient (Wildman–Crippen LogP) is 2.68. The maximum absolute atomic E-state index is 13.3. The van der Waals surface area contributed by atoms with E-state index in [0.29, 0.717) is 10.6 Å². The van der Waals surface area contributed by atoms with Crippen molar-refractivity contribution in [2.24, 2.45) is 0 Å². The molecule has 0 aliphatic heterocycles. The molecule has 0 fully saturated rings. The molecule has 5 nitrogen and oxygen atoms in total. The van der Waals surface area contributed by atoms with E-state index in [0.717, 1.165) is 16.6 Å². The second-order valence-electron chi connectivity index (χ2n) is 5.08. The van der Waals surface area contributed by atoms with Crippen LogP contribution < -0.4 is 9.62 Å². The second-order valence-corrected chi connectivity index (χ2v) is 7.42. The van der Waals surface area contributed by atoms with Gasteiger partial charge in [0, 0.05) is 17.1 Å². The smallest absolute Gasteiger partial charge is 0.251 e. The van der Waals surface area contributed by atoms with Gasteiger partial charge in [0.15, 0.2) is 0 Å². The van der Waals surface area contributed by atoms with Gasteiger partial charge in [0.05, 0.1) is 18.5 Å². The molecule has 0 aromatic heterocycles. The summed E-state index contributed by atoms with van der Waals surface area (Å²) in [6, 6.07) is 11.6. The van der Waals surface area contributed by atoms with Crippen molar-refractivity contribution in [3.8, 4) is 0 Å². The lowest BCUT2D eigenvalue weighted by atomic mass is 10.2. The quantitative estimate of drug-likeness (QED) is 0.850. The molecular formula is C16H16ClFN2O3S. The monoisotopic (exact) mass is 370 g/mol. The Morgan fingerprint density at radius 3 is 2.46 bits per heavy atom. The van der Waals surface area contributed by atoms with Crippen molar-refractivity contribution in [2.75, 3.05) is 23.7 Å². The highest BCUT2D eigenvalue weighted by Gasteiger charge is 2.18. The fourth-order valence-corrected chi connectivity index (χ4v) is 3.14. The van der Waals surface area contributed by atoms with Gasteiger partial charge in [-0.15, -0.1) is 0 Å². The zero-order valence-electron chi connectivity index (χ0n) is 12.9. The first-order valence-electron chi connectivity index (χ1n) is 7.04. The number of hydrogen-bond donors (Lipinski definition) is 1. The summed E-state index contributed by atoms with van der Waals surface area (Å²) >= 11 is 5.76. The number of anilines is 1. The lowest BCUT2D eigenvalue weighted by Gasteiger charge is -2.22. The molecule has 8 heteroatoms. The van der Waals surface area contributed by atoms with Gasteiger partial charge in [-0.1, -0.05) is 17.7 Å². The number of halogens is 2. The first-order valence-corrected chi connectivity index (χ1v) is 9.27. The van der Waals surface area contributed by atoms with Crippen LogP contribution in [0.5, 0.6) is 0 Å². The van der Waals surface area contributed by atoms with Gasteiger partial charge in [-0.2, -0.15) is 0 Å². The molecule has 0 aliphatic rings. The number of nitrogens with zero attached hydrogens (tertiary/aromatic N) is 1. The molecule has 0 aliphatic carbocycles. The largest absolute Gasteiger partial charge is 0.350 e. The summed E-state index contributed by atoms with van der Waals surface area (Å²) in [6.07, 6.45) is 1.03. The van der Waals surface area contributed by atoms with Gasteiger partial charge in [-0.25, -0.2) is 12.8 Å². The van der Waals surface area contributed by atoms with E-state index in [1.54, 1.807) is 24.3 Å². The Kier molecular flexibility index (Phi) is 5.80. The zero-order valence-corrected chi connectivity index (χ0v) is 14.4. The summed E-state index contributed by atoms with van der Waals surface area (Å²) < 4.78 is 38.2. The van der Waals surface area contributed by atoms with Crippen molar-refractivity contribution in [3.63, 3.8) is 0 Å². The Bertz CT molecular complexity index is 825. The molecule has 0 radical (unpaired) electrons. The lowest BCUT2D eigenvalue weighted by Crippen LogP contribution is -2.38. The van der Waals surface area contributed by atoms with Crippen molar-refractivity contribution < 1.29 is 17.6 Å². The van der Waals surface area contributed by atoms with E-state index in [1.807, 2.05) is 0 Å². The minimum atomic E-state index is -3.61. The van der Waals surface area contributed by atoms with E-state index in [-0.39, 0.29) is 24.7 Å². The Balaban J connectivity index is 2.04. The molecular weight excluding hydrogens is 355 g/mol. The molecule has 0 heterocycles. The van der Waals surface area contributed by atoms with Crippen molar-refractivity contribution in [1.82, 2.24) is 5.32 Å². The molecule has 0 bridgehead atoms. The Labute approximate surface area is 145 Å². The Morgan fingerprint density at radius 2 is 1.88 bits per heavy atom. The number of hydrogen-bond acceptors (Lipinski definition) is 3. The molecule has 0 saturated heterocycles. The van der Waals surface area contributed by atoms with Crippen LogP contribution in [0.25, 0.3) is 0 Å². The van der Waals surface area contributed by atoms with Crippen LogP contribution in [0.1, 0.15) is 10.4 Å². The molecule has 0 unspecified atom stereocenters. The second kappa shape index (κ2) is 7.63. The third-order valence-corrected chi connectivity index (χ3v) is 4.65. The molecule has 0 atom stereocenters. The minimum absolute atomic E-state index is 0.0123. The van der Waals surface area contributed by atoms with E-state index in [4.69, 9.17) is 11.6 Å². The molecule has 1 N–H and O–H groups in total. The maximum Gasteiger partial charge on any atom is 0.251 e. The first kappa shape index (κ1) is 18.2.